The molecule has 0 aromatic heterocycles. The third kappa shape index (κ3) is 6.81. The van der Waals surface area contributed by atoms with Crippen LogP contribution in [0.2, 0.25) is 0 Å². The molecule has 4 nitrogen and oxygen atoms in total. The van der Waals surface area contributed by atoms with Gasteiger partial charge in [0.15, 0.2) is 11.5 Å². The normalized spacial score (nSPS) is 13.8. The van der Waals surface area contributed by atoms with Gasteiger partial charge in [-0.15, -0.1) is 0 Å². The molecule has 0 aromatic rings. The summed E-state index contributed by atoms with van der Waals surface area (Å²) in [6.45, 7) is 5.35. The first-order valence-electron chi connectivity index (χ1n) is 5.63. The molecule has 0 aromatic carbocycles. The summed E-state index contributed by atoms with van der Waals surface area (Å²) in [5.74, 6) is 1.38. The lowest BCUT2D eigenvalue weighted by molar-refractivity contribution is 0.241. The molecule has 0 heterocycles. The molecule has 0 fully saturated rings. The van der Waals surface area contributed by atoms with E-state index < -0.39 is 0 Å². The minimum absolute atomic E-state index is 0.141. The van der Waals surface area contributed by atoms with Crippen molar-refractivity contribution in [3.63, 3.8) is 0 Å². The van der Waals surface area contributed by atoms with Crippen LogP contribution in [0.5, 0.6) is 0 Å². The molecule has 0 rings (SSSR count). The van der Waals surface area contributed by atoms with Crippen LogP contribution in [0.15, 0.2) is 35.3 Å². The Kier molecular flexibility index (Phi) is 9.19. The summed E-state index contributed by atoms with van der Waals surface area (Å²) in [4.78, 5) is 0. The van der Waals surface area contributed by atoms with Crippen LogP contribution in [-0.4, -0.2) is 39.0 Å². The van der Waals surface area contributed by atoms with Crippen LogP contribution >= 0.6 is 0 Å². The zero-order chi connectivity index (χ0) is 13.1. The lowest BCUT2D eigenvalue weighted by atomic mass is 10.2. The Morgan fingerprint density at radius 2 is 1.88 bits per heavy atom. The molecule has 0 radical (unpaired) electrons. The maximum Gasteiger partial charge on any atom is 0.160 e. The van der Waals surface area contributed by atoms with Gasteiger partial charge in [-0.05, 0) is 26.0 Å². The molecule has 0 bridgehead atoms. The molecule has 0 amide bonds. The first-order valence-corrected chi connectivity index (χ1v) is 5.63. The molecule has 4 heteroatoms. The van der Waals surface area contributed by atoms with Gasteiger partial charge < -0.3 is 19.9 Å². The fraction of sp³-hybridized carbons (Fsp3) is 0.538. The number of hydrogen-bond acceptors (Lipinski definition) is 4. The van der Waals surface area contributed by atoms with Crippen molar-refractivity contribution in [2.45, 2.75) is 13.8 Å². The summed E-state index contributed by atoms with van der Waals surface area (Å²) in [6, 6.07) is 0. The van der Waals surface area contributed by atoms with Crippen LogP contribution < -0.4 is 5.32 Å². The van der Waals surface area contributed by atoms with Crippen molar-refractivity contribution in [3.8, 4) is 0 Å². The Morgan fingerprint density at radius 1 is 1.24 bits per heavy atom. The maximum absolute atomic E-state index is 8.66. The number of methoxy groups -OCH3 is 2. The summed E-state index contributed by atoms with van der Waals surface area (Å²) >= 11 is 0. The van der Waals surface area contributed by atoms with Crippen LogP contribution in [0.25, 0.3) is 0 Å². The van der Waals surface area contributed by atoms with Crippen LogP contribution in [0, 0.1) is 0 Å². The summed E-state index contributed by atoms with van der Waals surface area (Å²) in [7, 11) is 3.23. The van der Waals surface area contributed by atoms with E-state index in [1.807, 2.05) is 32.1 Å². The first-order chi connectivity index (χ1) is 8.19. The predicted octanol–water partition coefficient (Wildman–Crippen LogP) is 1.60. The monoisotopic (exact) mass is 241 g/mol. The Labute approximate surface area is 104 Å². The number of aliphatic hydroxyl groups excluding tert-OH is 1. The van der Waals surface area contributed by atoms with E-state index in [-0.39, 0.29) is 6.61 Å². The van der Waals surface area contributed by atoms with Crippen LogP contribution in [0.3, 0.4) is 0 Å². The number of rotatable bonds is 8. The molecule has 0 spiro atoms. The van der Waals surface area contributed by atoms with Crippen molar-refractivity contribution in [2.75, 3.05) is 33.9 Å². The van der Waals surface area contributed by atoms with Gasteiger partial charge >= 0.3 is 0 Å². The van der Waals surface area contributed by atoms with Gasteiger partial charge in [-0.2, -0.15) is 0 Å². The third-order valence-electron chi connectivity index (χ3n) is 2.07. The van der Waals surface area contributed by atoms with E-state index in [1.54, 1.807) is 14.2 Å². The Morgan fingerprint density at radius 3 is 2.35 bits per heavy atom. The van der Waals surface area contributed by atoms with Crippen molar-refractivity contribution in [1.29, 1.82) is 0 Å². The van der Waals surface area contributed by atoms with Crippen molar-refractivity contribution < 1.29 is 14.6 Å². The van der Waals surface area contributed by atoms with Gasteiger partial charge in [0.1, 0.15) is 0 Å². The number of hydrogen-bond donors (Lipinski definition) is 2. The molecule has 17 heavy (non-hydrogen) atoms. The van der Waals surface area contributed by atoms with Gasteiger partial charge in [-0.25, -0.2) is 0 Å². The average molecular weight is 241 g/mol. The molecule has 0 unspecified atom stereocenters. The predicted molar refractivity (Wildman–Crippen MR) is 69.6 cm³/mol. The van der Waals surface area contributed by atoms with Gasteiger partial charge in [0.2, 0.25) is 0 Å². The minimum Gasteiger partial charge on any atom is -0.493 e. The van der Waals surface area contributed by atoms with Crippen molar-refractivity contribution >= 4 is 0 Å². The number of nitrogens with one attached hydrogen (secondary N) is 1. The van der Waals surface area contributed by atoms with Crippen molar-refractivity contribution in [1.82, 2.24) is 5.32 Å². The molecule has 0 atom stereocenters. The second-order valence-corrected chi connectivity index (χ2v) is 3.53. The standard InChI is InChI=1S/C13H23NO3/c1-5-6-12(16-3)13(17-4)9-11(2)10-14-7-8-15/h5-6,9,14-15H,7-8,10H2,1-4H3/b6-5-,11-9+,13-12-. The van der Waals surface area contributed by atoms with E-state index >= 15 is 0 Å². The van der Waals surface area contributed by atoms with Gasteiger partial charge in [-0.1, -0.05) is 11.6 Å². The smallest absolute Gasteiger partial charge is 0.160 e. The Bertz CT molecular complexity index is 293. The molecular weight excluding hydrogens is 218 g/mol. The largest absolute Gasteiger partial charge is 0.493 e. The van der Waals surface area contributed by atoms with Crippen LogP contribution in [0.1, 0.15) is 13.8 Å². The fourth-order valence-corrected chi connectivity index (χ4v) is 1.27. The lowest BCUT2D eigenvalue weighted by Gasteiger charge is -2.09. The number of allylic oxidation sites excluding steroid dienone is 3. The Hall–Kier alpha value is -1.26. The third-order valence-corrected chi connectivity index (χ3v) is 2.07. The van der Waals surface area contributed by atoms with E-state index in [4.69, 9.17) is 14.6 Å². The second kappa shape index (κ2) is 9.93. The Balaban J connectivity index is 4.69. The summed E-state index contributed by atoms with van der Waals surface area (Å²) in [5.41, 5.74) is 1.11. The van der Waals surface area contributed by atoms with Gasteiger partial charge in [-0.3, -0.25) is 0 Å². The minimum atomic E-state index is 0.141. The second-order valence-electron chi connectivity index (χ2n) is 3.53. The molecule has 0 saturated heterocycles. The highest BCUT2D eigenvalue weighted by Crippen LogP contribution is 2.11. The molecule has 0 aliphatic carbocycles. The average Bonchev–Trinajstić information content (AvgIpc) is 2.33. The van der Waals surface area contributed by atoms with E-state index in [2.05, 4.69) is 5.32 Å². The molecule has 98 valence electrons. The first kappa shape index (κ1) is 15.7. The van der Waals surface area contributed by atoms with E-state index in [0.717, 1.165) is 5.57 Å². The van der Waals surface area contributed by atoms with E-state index in [0.29, 0.717) is 24.6 Å². The molecule has 0 saturated carbocycles. The van der Waals surface area contributed by atoms with E-state index in [1.165, 1.54) is 0 Å². The van der Waals surface area contributed by atoms with Gasteiger partial charge in [0.05, 0.1) is 20.8 Å². The molecule has 0 aliphatic heterocycles. The summed E-state index contributed by atoms with van der Waals surface area (Å²) in [5, 5.41) is 11.8. The zero-order valence-electron chi connectivity index (χ0n) is 11.1. The summed E-state index contributed by atoms with van der Waals surface area (Å²) in [6.07, 6.45) is 5.66. The maximum atomic E-state index is 8.66. The highest BCUT2D eigenvalue weighted by Gasteiger charge is 2.02. The summed E-state index contributed by atoms with van der Waals surface area (Å²) < 4.78 is 10.5. The van der Waals surface area contributed by atoms with E-state index in [9.17, 15) is 0 Å². The van der Waals surface area contributed by atoms with Gasteiger partial charge in [0, 0.05) is 13.1 Å². The zero-order valence-corrected chi connectivity index (χ0v) is 11.1. The fourth-order valence-electron chi connectivity index (χ4n) is 1.27. The van der Waals surface area contributed by atoms with Crippen molar-refractivity contribution in [3.05, 3.63) is 35.3 Å². The van der Waals surface area contributed by atoms with Crippen LogP contribution in [0.4, 0.5) is 0 Å². The molecular formula is C13H23NO3. The highest BCUT2D eigenvalue weighted by molar-refractivity contribution is 5.27. The van der Waals surface area contributed by atoms with Crippen LogP contribution in [-0.2, 0) is 9.47 Å². The van der Waals surface area contributed by atoms with Crippen molar-refractivity contribution in [2.24, 2.45) is 0 Å². The topological polar surface area (TPSA) is 50.7 Å². The number of ether oxygens (including phenoxy) is 2. The highest BCUT2D eigenvalue weighted by atomic mass is 16.5. The SMILES string of the molecule is C\C=C/C(OC)=C(\C=C(/C)CNCCO)OC. The van der Waals surface area contributed by atoms with Gasteiger partial charge in [0.25, 0.3) is 0 Å². The lowest BCUT2D eigenvalue weighted by Crippen LogP contribution is -2.20. The molecule has 0 aliphatic rings. The molecule has 2 N–H and O–H groups in total. The quantitative estimate of drug-likeness (QED) is 0.385. The number of aliphatic hydroxyl groups is 1.